The van der Waals surface area contributed by atoms with Gasteiger partial charge in [0.15, 0.2) is 0 Å². The molecule has 2 nitrogen and oxygen atoms in total. The Kier molecular flexibility index (Phi) is 3.86. The first-order valence-corrected chi connectivity index (χ1v) is 7.09. The van der Waals surface area contributed by atoms with E-state index >= 15 is 0 Å². The maximum absolute atomic E-state index is 5.76. The van der Waals surface area contributed by atoms with Crippen molar-refractivity contribution in [2.24, 2.45) is 0 Å². The van der Waals surface area contributed by atoms with Crippen molar-refractivity contribution in [2.75, 3.05) is 6.79 Å². The second-order valence-electron chi connectivity index (χ2n) is 5.49. The lowest BCUT2D eigenvalue weighted by Crippen LogP contribution is -2.21. The highest BCUT2D eigenvalue weighted by Gasteiger charge is 2.25. The van der Waals surface area contributed by atoms with Gasteiger partial charge in [-0.2, -0.15) is 0 Å². The molecule has 0 N–H and O–H groups in total. The van der Waals surface area contributed by atoms with Crippen LogP contribution in [-0.2, 0) is 9.47 Å². The smallest absolute Gasteiger partial charge is 0.148 e. The third-order valence-electron chi connectivity index (χ3n) is 3.86. The average Bonchev–Trinajstić information content (AvgIpc) is 2.49. The van der Waals surface area contributed by atoms with Gasteiger partial charge in [0.05, 0.1) is 12.2 Å². The normalized spacial score (nSPS) is 22.7. The lowest BCUT2D eigenvalue weighted by molar-refractivity contribution is -0.179. The Hall–Kier alpha value is -1.64. The highest BCUT2D eigenvalue weighted by molar-refractivity contribution is 5.26. The largest absolute Gasteiger partial charge is 0.347 e. The molecule has 0 bridgehead atoms. The number of hydrogen-bond donors (Lipinski definition) is 0. The molecule has 0 aliphatic carbocycles. The third-order valence-corrected chi connectivity index (χ3v) is 3.86. The summed E-state index contributed by atoms with van der Waals surface area (Å²) in [6.07, 6.45) is 1.11. The van der Waals surface area contributed by atoms with Crippen molar-refractivity contribution in [1.82, 2.24) is 0 Å². The second kappa shape index (κ2) is 5.78. The summed E-state index contributed by atoms with van der Waals surface area (Å²) in [6, 6.07) is 17.1. The van der Waals surface area contributed by atoms with E-state index in [2.05, 4.69) is 62.4 Å². The van der Waals surface area contributed by atoms with Gasteiger partial charge in [-0.05, 0) is 25.0 Å². The minimum atomic E-state index is 0.121. The molecule has 0 aromatic heterocycles. The Labute approximate surface area is 120 Å². The fourth-order valence-corrected chi connectivity index (χ4v) is 2.56. The highest BCUT2D eigenvalue weighted by Crippen LogP contribution is 2.35. The molecule has 0 radical (unpaired) electrons. The van der Waals surface area contributed by atoms with E-state index in [1.54, 1.807) is 0 Å². The maximum Gasteiger partial charge on any atom is 0.148 e. The monoisotopic (exact) mass is 268 g/mol. The van der Waals surface area contributed by atoms with Crippen LogP contribution >= 0.6 is 0 Å². The standard InChI is InChI=1S/C18H20O2/c1-13-3-7-15(8-4-13)17-11-18(20-12-19-17)16-9-5-14(2)6-10-16/h3-10,17-18H,11-12H2,1-2H3. The Balaban J connectivity index is 1.76. The summed E-state index contributed by atoms with van der Waals surface area (Å²) in [7, 11) is 0. The van der Waals surface area contributed by atoms with Crippen molar-refractivity contribution in [1.29, 1.82) is 0 Å². The van der Waals surface area contributed by atoms with Crippen LogP contribution in [0.25, 0.3) is 0 Å². The summed E-state index contributed by atoms with van der Waals surface area (Å²) in [5.41, 5.74) is 5.01. The fourth-order valence-electron chi connectivity index (χ4n) is 2.56. The summed E-state index contributed by atoms with van der Waals surface area (Å²) in [6.45, 7) is 4.56. The second-order valence-corrected chi connectivity index (χ2v) is 5.49. The van der Waals surface area contributed by atoms with Gasteiger partial charge < -0.3 is 9.47 Å². The molecule has 1 aliphatic rings. The van der Waals surface area contributed by atoms with E-state index in [0.29, 0.717) is 6.79 Å². The van der Waals surface area contributed by atoms with Crippen molar-refractivity contribution in [3.8, 4) is 0 Å². The lowest BCUT2D eigenvalue weighted by Gasteiger charge is -2.30. The lowest BCUT2D eigenvalue weighted by atomic mass is 9.97. The van der Waals surface area contributed by atoms with Crippen molar-refractivity contribution in [2.45, 2.75) is 32.5 Å². The topological polar surface area (TPSA) is 18.5 Å². The predicted octanol–water partition coefficient (Wildman–Crippen LogP) is 4.48. The van der Waals surface area contributed by atoms with Gasteiger partial charge in [0.2, 0.25) is 0 Å². The molecule has 20 heavy (non-hydrogen) atoms. The van der Waals surface area contributed by atoms with Gasteiger partial charge in [-0.1, -0.05) is 59.7 Å². The zero-order valence-corrected chi connectivity index (χ0v) is 12.0. The number of rotatable bonds is 2. The zero-order valence-electron chi connectivity index (χ0n) is 12.0. The van der Waals surface area contributed by atoms with Crippen molar-refractivity contribution < 1.29 is 9.47 Å². The SMILES string of the molecule is Cc1ccc(C2CC(c3ccc(C)cc3)OCO2)cc1. The van der Waals surface area contributed by atoms with Crippen LogP contribution in [0.3, 0.4) is 0 Å². The van der Waals surface area contributed by atoms with Gasteiger partial charge in [-0.3, -0.25) is 0 Å². The van der Waals surface area contributed by atoms with Gasteiger partial charge in [0.25, 0.3) is 0 Å². The van der Waals surface area contributed by atoms with E-state index in [0.717, 1.165) is 6.42 Å². The predicted molar refractivity (Wildman–Crippen MR) is 79.5 cm³/mol. The molecule has 0 spiro atoms. The average molecular weight is 268 g/mol. The number of benzene rings is 2. The Bertz CT molecular complexity index is 505. The van der Waals surface area contributed by atoms with Gasteiger partial charge in [-0.25, -0.2) is 0 Å². The molecule has 2 atom stereocenters. The van der Waals surface area contributed by atoms with Crippen LogP contribution in [0.5, 0.6) is 0 Å². The molecule has 2 aromatic rings. The van der Waals surface area contributed by atoms with Crippen LogP contribution in [0.15, 0.2) is 48.5 Å². The Morgan fingerprint density at radius 1 is 0.700 bits per heavy atom. The van der Waals surface area contributed by atoms with Crippen molar-refractivity contribution in [3.63, 3.8) is 0 Å². The summed E-state index contributed by atoms with van der Waals surface area (Å²) in [5.74, 6) is 0. The Morgan fingerprint density at radius 3 is 1.50 bits per heavy atom. The molecule has 2 unspecified atom stereocenters. The number of hydrogen-bond acceptors (Lipinski definition) is 2. The van der Waals surface area contributed by atoms with Crippen LogP contribution in [0.2, 0.25) is 0 Å². The fraction of sp³-hybridized carbons (Fsp3) is 0.333. The number of ether oxygens (including phenoxy) is 2. The van der Waals surface area contributed by atoms with Gasteiger partial charge in [0, 0.05) is 6.42 Å². The van der Waals surface area contributed by atoms with E-state index in [4.69, 9.17) is 9.47 Å². The first kappa shape index (κ1) is 13.3. The Morgan fingerprint density at radius 2 is 1.10 bits per heavy atom. The third kappa shape index (κ3) is 2.92. The summed E-state index contributed by atoms with van der Waals surface area (Å²) in [5, 5.41) is 0. The van der Waals surface area contributed by atoms with Gasteiger partial charge >= 0.3 is 0 Å². The van der Waals surface area contributed by atoms with E-state index in [9.17, 15) is 0 Å². The first-order valence-electron chi connectivity index (χ1n) is 7.09. The van der Waals surface area contributed by atoms with Gasteiger partial charge in [-0.15, -0.1) is 0 Å². The van der Waals surface area contributed by atoms with Crippen molar-refractivity contribution in [3.05, 3.63) is 70.8 Å². The molecular weight excluding hydrogens is 248 g/mol. The minimum Gasteiger partial charge on any atom is -0.347 e. The summed E-state index contributed by atoms with van der Waals surface area (Å²) in [4.78, 5) is 0. The van der Waals surface area contributed by atoms with E-state index < -0.39 is 0 Å². The van der Waals surface area contributed by atoms with E-state index in [1.165, 1.54) is 22.3 Å². The van der Waals surface area contributed by atoms with Crippen LogP contribution in [0, 0.1) is 13.8 Å². The van der Waals surface area contributed by atoms with Gasteiger partial charge in [0.1, 0.15) is 6.79 Å². The summed E-state index contributed by atoms with van der Waals surface area (Å²) < 4.78 is 11.5. The molecule has 2 aromatic carbocycles. The molecule has 0 saturated carbocycles. The number of aryl methyl sites for hydroxylation is 2. The summed E-state index contributed by atoms with van der Waals surface area (Å²) >= 11 is 0. The van der Waals surface area contributed by atoms with Crippen LogP contribution in [-0.4, -0.2) is 6.79 Å². The molecule has 1 saturated heterocycles. The maximum atomic E-state index is 5.76. The minimum absolute atomic E-state index is 0.121. The zero-order chi connectivity index (χ0) is 13.9. The molecule has 104 valence electrons. The first-order chi connectivity index (χ1) is 9.72. The van der Waals surface area contributed by atoms with Crippen LogP contribution in [0.4, 0.5) is 0 Å². The van der Waals surface area contributed by atoms with Crippen molar-refractivity contribution >= 4 is 0 Å². The van der Waals surface area contributed by atoms with E-state index in [-0.39, 0.29) is 12.2 Å². The quantitative estimate of drug-likeness (QED) is 0.799. The van der Waals surface area contributed by atoms with Crippen LogP contribution in [0.1, 0.15) is 40.9 Å². The molecule has 1 fully saturated rings. The van der Waals surface area contributed by atoms with E-state index in [1.807, 2.05) is 0 Å². The van der Waals surface area contributed by atoms with Crippen LogP contribution < -0.4 is 0 Å². The highest BCUT2D eigenvalue weighted by atomic mass is 16.7. The molecule has 0 amide bonds. The molecule has 3 rings (SSSR count). The molecule has 1 aliphatic heterocycles. The molecule has 1 heterocycles. The molecular formula is C18H20O2. The molecule has 2 heteroatoms.